The van der Waals surface area contributed by atoms with E-state index in [1.165, 1.54) is 7.11 Å². The highest BCUT2D eigenvalue weighted by atomic mass is 35.5. The van der Waals surface area contributed by atoms with E-state index in [9.17, 15) is 13.2 Å². The average molecular weight is 317 g/mol. The third-order valence-electron chi connectivity index (χ3n) is 3.56. The van der Waals surface area contributed by atoms with Crippen molar-refractivity contribution >= 4 is 27.4 Å². The molecule has 0 bridgehead atoms. The van der Waals surface area contributed by atoms with Crippen LogP contribution in [-0.2, 0) is 25.1 Å². The van der Waals surface area contributed by atoms with Crippen LogP contribution < -0.4 is 0 Å². The summed E-state index contributed by atoms with van der Waals surface area (Å²) in [6, 6.07) is 6.91. The molecule has 0 amide bonds. The normalized spacial score (nSPS) is 16.7. The topological polar surface area (TPSA) is 60.4 Å². The van der Waals surface area contributed by atoms with E-state index in [2.05, 4.69) is 4.74 Å². The number of methoxy groups -OCH3 is 1. The summed E-state index contributed by atoms with van der Waals surface area (Å²) in [5, 5.41) is 0.453. The van der Waals surface area contributed by atoms with Gasteiger partial charge in [0.05, 0.1) is 25.0 Å². The van der Waals surface area contributed by atoms with Crippen LogP contribution in [0.2, 0.25) is 5.02 Å². The lowest BCUT2D eigenvalue weighted by atomic mass is 10.1. The Labute approximate surface area is 124 Å². The van der Waals surface area contributed by atoms with Crippen molar-refractivity contribution in [3.63, 3.8) is 0 Å². The molecule has 1 aliphatic rings. The minimum Gasteiger partial charge on any atom is -0.469 e. The van der Waals surface area contributed by atoms with Crippen molar-refractivity contribution in [2.75, 3.05) is 12.9 Å². The van der Waals surface area contributed by atoms with Crippen LogP contribution in [0, 0.1) is 5.41 Å². The van der Waals surface area contributed by atoms with Crippen molar-refractivity contribution in [1.82, 2.24) is 0 Å². The number of hydrogen-bond acceptors (Lipinski definition) is 4. The Morgan fingerprint density at radius 2 is 2.00 bits per heavy atom. The van der Waals surface area contributed by atoms with Crippen LogP contribution in [-0.4, -0.2) is 27.2 Å². The van der Waals surface area contributed by atoms with Gasteiger partial charge in [0.15, 0.2) is 9.84 Å². The zero-order valence-electron chi connectivity index (χ0n) is 11.3. The van der Waals surface area contributed by atoms with Crippen molar-refractivity contribution in [2.45, 2.75) is 25.0 Å². The van der Waals surface area contributed by atoms with Crippen LogP contribution in [0.1, 0.15) is 24.8 Å². The van der Waals surface area contributed by atoms with Crippen molar-refractivity contribution in [3.8, 4) is 0 Å². The van der Waals surface area contributed by atoms with E-state index in [0.29, 0.717) is 10.6 Å². The van der Waals surface area contributed by atoms with Crippen LogP contribution in [0.15, 0.2) is 24.3 Å². The third kappa shape index (κ3) is 3.96. The van der Waals surface area contributed by atoms with E-state index in [1.807, 2.05) is 0 Å². The molecule has 2 rings (SSSR count). The molecule has 1 fully saturated rings. The lowest BCUT2D eigenvalue weighted by Gasteiger charge is -2.14. The third-order valence-corrected chi connectivity index (χ3v) is 5.74. The second-order valence-electron chi connectivity index (χ2n) is 5.38. The fraction of sp³-hybridized carbons (Fsp3) is 0.500. The minimum absolute atomic E-state index is 0.0142. The molecular weight excluding hydrogens is 300 g/mol. The van der Waals surface area contributed by atoms with E-state index in [1.54, 1.807) is 24.3 Å². The van der Waals surface area contributed by atoms with Gasteiger partial charge < -0.3 is 4.74 Å². The van der Waals surface area contributed by atoms with Crippen molar-refractivity contribution in [1.29, 1.82) is 0 Å². The lowest BCUT2D eigenvalue weighted by molar-refractivity contribution is -0.141. The molecule has 0 heterocycles. The van der Waals surface area contributed by atoms with Gasteiger partial charge in [0, 0.05) is 5.02 Å². The van der Waals surface area contributed by atoms with Crippen LogP contribution in [0.25, 0.3) is 0 Å². The fourth-order valence-electron chi connectivity index (χ4n) is 2.30. The van der Waals surface area contributed by atoms with Crippen LogP contribution >= 0.6 is 11.6 Å². The molecule has 0 saturated heterocycles. The van der Waals surface area contributed by atoms with Gasteiger partial charge in [0.1, 0.15) is 0 Å². The number of carbonyl (C=O) groups is 1. The number of sulfone groups is 1. The summed E-state index contributed by atoms with van der Waals surface area (Å²) in [5.41, 5.74) is 0.177. The molecule has 0 N–H and O–H groups in total. The number of hydrogen-bond donors (Lipinski definition) is 0. The van der Waals surface area contributed by atoms with Gasteiger partial charge in [-0.25, -0.2) is 8.42 Å². The molecule has 0 spiro atoms. The summed E-state index contributed by atoms with van der Waals surface area (Å²) < 4.78 is 29.2. The Morgan fingerprint density at radius 1 is 1.35 bits per heavy atom. The Balaban J connectivity index is 2.05. The summed E-state index contributed by atoms with van der Waals surface area (Å²) in [6.07, 6.45) is 1.68. The average Bonchev–Trinajstić information content (AvgIpc) is 3.10. The van der Waals surface area contributed by atoms with E-state index >= 15 is 0 Å². The molecule has 1 aliphatic carbocycles. The Kier molecular flexibility index (Phi) is 4.39. The molecule has 110 valence electrons. The molecule has 1 saturated carbocycles. The first-order valence-corrected chi connectivity index (χ1v) is 8.56. The predicted octanol–water partition coefficient (Wildman–Crippen LogP) is 2.60. The number of halogens is 1. The molecule has 4 nitrogen and oxygen atoms in total. The zero-order chi connectivity index (χ0) is 14.8. The standard InChI is InChI=1S/C14H17ClO4S/c1-19-13(16)8-14(6-7-14)10-20(17,18)9-11-4-2-3-5-12(11)15/h2-5H,6-10H2,1H3. The summed E-state index contributed by atoms with van der Waals surface area (Å²) in [5.74, 6) is -0.425. The van der Waals surface area contributed by atoms with Crippen molar-refractivity contribution in [3.05, 3.63) is 34.9 Å². The molecule has 1 aromatic rings. The monoisotopic (exact) mass is 316 g/mol. The van der Waals surface area contributed by atoms with Gasteiger partial charge in [-0.05, 0) is 29.9 Å². The second-order valence-corrected chi connectivity index (χ2v) is 7.85. The van der Waals surface area contributed by atoms with E-state index in [-0.39, 0.29) is 23.9 Å². The summed E-state index contributed by atoms with van der Waals surface area (Å²) >= 11 is 5.99. The number of ether oxygens (including phenoxy) is 1. The first kappa shape index (κ1) is 15.3. The van der Waals surface area contributed by atoms with Gasteiger partial charge in [0.25, 0.3) is 0 Å². The summed E-state index contributed by atoms with van der Waals surface area (Å²) in [6.45, 7) is 0. The van der Waals surface area contributed by atoms with Crippen LogP contribution in [0.5, 0.6) is 0 Å². The number of carbonyl (C=O) groups excluding carboxylic acids is 1. The minimum atomic E-state index is -3.30. The maximum Gasteiger partial charge on any atom is 0.306 e. The van der Waals surface area contributed by atoms with E-state index in [0.717, 1.165) is 12.8 Å². The Morgan fingerprint density at radius 3 is 2.55 bits per heavy atom. The lowest BCUT2D eigenvalue weighted by Crippen LogP contribution is -2.22. The number of benzene rings is 1. The predicted molar refractivity (Wildman–Crippen MR) is 77.2 cm³/mol. The molecule has 0 aromatic heterocycles. The molecule has 20 heavy (non-hydrogen) atoms. The summed E-state index contributed by atoms with van der Waals surface area (Å²) in [7, 11) is -1.98. The van der Waals surface area contributed by atoms with Gasteiger partial charge >= 0.3 is 5.97 Å². The number of esters is 1. The molecule has 0 atom stereocenters. The van der Waals surface area contributed by atoms with Crippen molar-refractivity contribution < 1.29 is 17.9 Å². The van der Waals surface area contributed by atoms with Crippen LogP contribution in [0.3, 0.4) is 0 Å². The second kappa shape index (κ2) is 5.74. The zero-order valence-corrected chi connectivity index (χ0v) is 12.8. The number of rotatable bonds is 6. The van der Waals surface area contributed by atoms with E-state index in [4.69, 9.17) is 11.6 Å². The molecule has 1 aromatic carbocycles. The highest BCUT2D eigenvalue weighted by Crippen LogP contribution is 2.50. The van der Waals surface area contributed by atoms with Crippen molar-refractivity contribution in [2.24, 2.45) is 5.41 Å². The maximum atomic E-state index is 12.3. The molecule has 0 unspecified atom stereocenters. The quantitative estimate of drug-likeness (QED) is 0.757. The van der Waals surface area contributed by atoms with Gasteiger partial charge in [0.2, 0.25) is 0 Å². The van der Waals surface area contributed by atoms with E-state index < -0.39 is 15.3 Å². The van der Waals surface area contributed by atoms with Gasteiger partial charge in [-0.1, -0.05) is 29.8 Å². The Hall–Kier alpha value is -1.07. The SMILES string of the molecule is COC(=O)CC1(CS(=O)(=O)Cc2ccccc2Cl)CC1. The first-order valence-electron chi connectivity index (χ1n) is 6.36. The Bertz CT molecular complexity index is 605. The van der Waals surface area contributed by atoms with Gasteiger partial charge in [-0.3, -0.25) is 4.79 Å². The molecular formula is C14H17ClO4S. The smallest absolute Gasteiger partial charge is 0.306 e. The van der Waals surface area contributed by atoms with Gasteiger partial charge in [-0.15, -0.1) is 0 Å². The van der Waals surface area contributed by atoms with Gasteiger partial charge in [-0.2, -0.15) is 0 Å². The first-order chi connectivity index (χ1) is 9.36. The fourth-order valence-corrected chi connectivity index (χ4v) is 4.73. The largest absolute Gasteiger partial charge is 0.469 e. The van der Waals surface area contributed by atoms with Crippen LogP contribution in [0.4, 0.5) is 0 Å². The highest BCUT2D eigenvalue weighted by Gasteiger charge is 2.47. The molecule has 0 aliphatic heterocycles. The maximum absolute atomic E-state index is 12.3. The molecule has 0 radical (unpaired) electrons. The molecule has 6 heteroatoms. The summed E-state index contributed by atoms with van der Waals surface area (Å²) in [4.78, 5) is 11.3. The highest BCUT2D eigenvalue weighted by molar-refractivity contribution is 7.90.